The van der Waals surface area contributed by atoms with Gasteiger partial charge in [0.05, 0.1) is 37.0 Å². The van der Waals surface area contributed by atoms with Gasteiger partial charge in [-0.1, -0.05) is 33.8 Å². The first-order chi connectivity index (χ1) is 22.2. The van der Waals surface area contributed by atoms with Crippen molar-refractivity contribution < 1.29 is 42.1 Å². The first-order valence-corrected chi connectivity index (χ1v) is 16.6. The first kappa shape index (κ1) is 35.5. The lowest BCUT2D eigenvalue weighted by atomic mass is 9.77. The number of halogens is 2. The Morgan fingerprint density at radius 1 is 1.08 bits per heavy atom. The van der Waals surface area contributed by atoms with Gasteiger partial charge >= 0.3 is 17.9 Å². The number of ether oxygens (including phenoxy) is 4. The molecule has 0 unspecified atom stereocenters. The van der Waals surface area contributed by atoms with Crippen LogP contribution in [0.15, 0.2) is 30.4 Å². The number of hydrogen-bond donors (Lipinski definition) is 0. The Hall–Kier alpha value is -3.83. The Bertz CT molecular complexity index is 1610. The van der Waals surface area contributed by atoms with Crippen LogP contribution in [0.3, 0.4) is 0 Å². The molecule has 1 aromatic carbocycles. The lowest BCUT2D eigenvalue weighted by molar-refractivity contribution is -0.167. The highest BCUT2D eigenvalue weighted by Gasteiger charge is 2.55. The maximum absolute atomic E-state index is 16.0. The zero-order chi connectivity index (χ0) is 35.4. The number of aromatic nitrogens is 2. The third-order valence-electron chi connectivity index (χ3n) is 9.57. The molecule has 1 aliphatic carbocycles. The third-order valence-corrected chi connectivity index (χ3v) is 9.57. The van der Waals surface area contributed by atoms with Gasteiger partial charge in [-0.15, -0.1) is 0 Å². The summed E-state index contributed by atoms with van der Waals surface area (Å²) in [7, 11) is 1.48. The van der Waals surface area contributed by atoms with Crippen molar-refractivity contribution in [2.75, 3.05) is 13.7 Å². The summed E-state index contributed by atoms with van der Waals surface area (Å²) in [6, 6.07) is 3.61. The topological polar surface area (TPSA) is 117 Å². The molecule has 1 saturated carbocycles. The summed E-state index contributed by atoms with van der Waals surface area (Å²) < 4.78 is 55.3. The van der Waals surface area contributed by atoms with Crippen molar-refractivity contribution >= 4 is 28.9 Å². The quantitative estimate of drug-likeness (QED) is 0.265. The number of allylic oxidation sites excluding steroid dienone is 2. The van der Waals surface area contributed by atoms with Crippen molar-refractivity contribution in [2.24, 2.45) is 23.2 Å². The van der Waals surface area contributed by atoms with Crippen molar-refractivity contribution in [3.05, 3.63) is 36.0 Å². The molecule has 0 radical (unpaired) electrons. The van der Waals surface area contributed by atoms with Crippen LogP contribution in [0.1, 0.15) is 86.8 Å². The molecule has 0 spiro atoms. The van der Waals surface area contributed by atoms with Crippen LogP contribution >= 0.6 is 0 Å². The van der Waals surface area contributed by atoms with Crippen LogP contribution in [0, 0.1) is 23.2 Å². The fourth-order valence-corrected chi connectivity index (χ4v) is 6.63. The van der Waals surface area contributed by atoms with E-state index in [-0.39, 0.29) is 29.9 Å². The van der Waals surface area contributed by atoms with Crippen LogP contribution in [-0.2, 0) is 29.8 Å². The van der Waals surface area contributed by atoms with E-state index in [1.54, 1.807) is 45.9 Å². The molecule has 262 valence electrons. The van der Waals surface area contributed by atoms with Crippen LogP contribution < -0.4 is 9.47 Å². The molecule has 5 rings (SSSR count). The van der Waals surface area contributed by atoms with E-state index >= 15 is 8.78 Å². The van der Waals surface area contributed by atoms with Gasteiger partial charge in [-0.05, 0) is 70.6 Å². The largest absolute Gasteiger partial charge is 0.497 e. The van der Waals surface area contributed by atoms with E-state index in [0.29, 0.717) is 25.0 Å². The Balaban J connectivity index is 1.63. The van der Waals surface area contributed by atoms with Gasteiger partial charge in [0.25, 0.3) is 0 Å². The number of amides is 1. The maximum atomic E-state index is 16.0. The summed E-state index contributed by atoms with van der Waals surface area (Å²) in [6.07, 6.45) is 2.53. The maximum Gasteiger partial charge on any atom is 0.329 e. The average molecular weight is 672 g/mol. The lowest BCUT2D eigenvalue weighted by Crippen LogP contribution is -2.50. The first-order valence-electron chi connectivity index (χ1n) is 16.6. The molecule has 2 bridgehead atoms. The highest BCUT2D eigenvalue weighted by Crippen LogP contribution is 2.50. The molecule has 6 atom stereocenters. The van der Waals surface area contributed by atoms with E-state index < -0.39 is 75.9 Å². The molecule has 2 aromatic rings. The SMILES string of the molecule is COc1ccc2nc3c(nc2c1)O[C@H]1CN(C(=O)[C@H](C(C)(C)C)CC(=O)O[C@@]2(C)C[C@@H]2CC/C=C/C3(F)F)[C@H](C(=O)OC(C)(C)C)[C@@H]1C. The molecule has 3 aliphatic rings. The standard InChI is InChI=1S/C36H47F2N3O7/c1-20-26-19-41(28(20)32(44)48-34(5,6)7)31(43)23(33(2,3)4)17-27(42)47-35(8)18-21(35)12-10-11-15-36(37,38)29-30(46-26)40-25-16-22(45-9)13-14-24(25)39-29/h11,13-16,20-21,23,26,28H,10,12,17-19H2,1-9H3/b15-11+/t20-,21+,23-,26+,28+,35+/m1/s1. The normalized spacial score (nSPS) is 30.2. The van der Waals surface area contributed by atoms with Crippen LogP contribution in [0.2, 0.25) is 0 Å². The van der Waals surface area contributed by atoms with Crippen molar-refractivity contribution in [1.82, 2.24) is 14.9 Å². The summed E-state index contributed by atoms with van der Waals surface area (Å²) in [4.78, 5) is 51.7. The van der Waals surface area contributed by atoms with Gasteiger partial charge < -0.3 is 23.8 Å². The summed E-state index contributed by atoms with van der Waals surface area (Å²) >= 11 is 0. The number of nitrogens with zero attached hydrogens (tertiary/aromatic N) is 3. The molecule has 3 heterocycles. The molecule has 2 fully saturated rings. The molecule has 1 amide bonds. The molecule has 48 heavy (non-hydrogen) atoms. The van der Waals surface area contributed by atoms with Gasteiger partial charge in [-0.2, -0.15) is 8.78 Å². The van der Waals surface area contributed by atoms with Crippen LogP contribution in [0.5, 0.6) is 11.6 Å². The molecule has 1 saturated heterocycles. The van der Waals surface area contributed by atoms with E-state index in [4.69, 9.17) is 18.9 Å². The second-order valence-corrected chi connectivity index (χ2v) is 15.6. The number of esters is 2. The summed E-state index contributed by atoms with van der Waals surface area (Å²) in [5.41, 5.74) is -2.48. The van der Waals surface area contributed by atoms with Gasteiger partial charge in [-0.25, -0.2) is 14.8 Å². The van der Waals surface area contributed by atoms with Crippen LogP contribution in [-0.4, -0.2) is 69.7 Å². The highest BCUT2D eigenvalue weighted by atomic mass is 19.3. The molecule has 10 nitrogen and oxygen atoms in total. The zero-order valence-electron chi connectivity index (χ0n) is 29.3. The summed E-state index contributed by atoms with van der Waals surface area (Å²) in [6.45, 7) is 14.1. The zero-order valence-corrected chi connectivity index (χ0v) is 29.3. The number of methoxy groups -OCH3 is 1. The minimum atomic E-state index is -3.57. The van der Waals surface area contributed by atoms with Gasteiger partial charge in [0.2, 0.25) is 11.8 Å². The average Bonchev–Trinajstić information content (AvgIpc) is 3.48. The Morgan fingerprint density at radius 2 is 1.79 bits per heavy atom. The van der Waals surface area contributed by atoms with E-state index in [1.807, 2.05) is 27.7 Å². The van der Waals surface area contributed by atoms with Gasteiger partial charge in [0, 0.05) is 17.9 Å². The minimum Gasteiger partial charge on any atom is -0.497 e. The number of carbonyl (C=O) groups excluding carboxylic acids is 3. The lowest BCUT2D eigenvalue weighted by Gasteiger charge is -2.35. The fourth-order valence-electron chi connectivity index (χ4n) is 6.63. The summed E-state index contributed by atoms with van der Waals surface area (Å²) in [5.74, 6) is -6.71. The number of benzene rings is 1. The van der Waals surface area contributed by atoms with Crippen molar-refractivity contribution in [3.63, 3.8) is 0 Å². The van der Waals surface area contributed by atoms with E-state index in [0.717, 1.165) is 6.08 Å². The monoisotopic (exact) mass is 671 g/mol. The van der Waals surface area contributed by atoms with Gasteiger partial charge in [0.1, 0.15) is 29.1 Å². The second-order valence-electron chi connectivity index (χ2n) is 15.6. The van der Waals surface area contributed by atoms with E-state index in [9.17, 15) is 14.4 Å². The van der Waals surface area contributed by atoms with Gasteiger partial charge in [0.15, 0.2) is 5.69 Å². The second kappa shape index (κ2) is 12.6. The van der Waals surface area contributed by atoms with Crippen molar-refractivity contribution in [2.45, 2.75) is 110 Å². The molecule has 1 aromatic heterocycles. The molecule has 2 aliphatic heterocycles. The van der Waals surface area contributed by atoms with Crippen molar-refractivity contribution in [1.29, 1.82) is 0 Å². The number of alkyl halides is 2. The third kappa shape index (κ3) is 7.42. The number of carbonyl (C=O) groups is 3. The Morgan fingerprint density at radius 3 is 2.44 bits per heavy atom. The van der Waals surface area contributed by atoms with Crippen LogP contribution in [0.25, 0.3) is 11.0 Å². The molecule has 0 N–H and O–H groups in total. The van der Waals surface area contributed by atoms with Gasteiger partial charge in [-0.3, -0.25) is 9.59 Å². The predicted molar refractivity (Wildman–Crippen MR) is 173 cm³/mol. The van der Waals surface area contributed by atoms with Crippen LogP contribution in [0.4, 0.5) is 8.78 Å². The molecular formula is C36H47F2N3O7. The molecular weight excluding hydrogens is 624 g/mol. The van der Waals surface area contributed by atoms with Crippen molar-refractivity contribution in [3.8, 4) is 11.6 Å². The Kier molecular flexibility index (Phi) is 9.29. The Labute approximate surface area is 280 Å². The smallest absolute Gasteiger partial charge is 0.329 e. The number of rotatable bonds is 2. The predicted octanol–water partition coefficient (Wildman–Crippen LogP) is 6.39. The summed E-state index contributed by atoms with van der Waals surface area (Å²) in [5, 5.41) is 0. The molecule has 12 heteroatoms. The van der Waals surface area contributed by atoms with E-state index in [1.165, 1.54) is 18.1 Å². The fraction of sp³-hybridized carbons (Fsp3) is 0.639. The number of fused-ring (bicyclic) bond motifs is 5. The number of hydrogen-bond acceptors (Lipinski definition) is 9. The van der Waals surface area contributed by atoms with E-state index in [2.05, 4.69) is 9.97 Å². The minimum absolute atomic E-state index is 0.00605. The highest BCUT2D eigenvalue weighted by molar-refractivity contribution is 5.90.